The van der Waals surface area contributed by atoms with Gasteiger partial charge in [0, 0.05) is 23.8 Å². The molecule has 0 aliphatic rings. The second-order valence-corrected chi connectivity index (χ2v) is 5.32. The van der Waals surface area contributed by atoms with Crippen LogP contribution in [0.4, 0.5) is 0 Å². The molecule has 1 unspecified atom stereocenters. The monoisotopic (exact) mass is 281 g/mol. The van der Waals surface area contributed by atoms with Crippen molar-refractivity contribution in [3.63, 3.8) is 0 Å². The fourth-order valence-corrected chi connectivity index (χ4v) is 2.57. The van der Waals surface area contributed by atoms with Gasteiger partial charge < -0.3 is 10.4 Å². The minimum atomic E-state index is -0.913. The van der Waals surface area contributed by atoms with Gasteiger partial charge in [0.1, 0.15) is 0 Å². The van der Waals surface area contributed by atoms with Crippen molar-refractivity contribution in [3.8, 4) is 0 Å². The molecule has 0 fully saturated rings. The molecule has 2 rings (SSSR count). The molecule has 0 saturated heterocycles. The van der Waals surface area contributed by atoms with Crippen LogP contribution >= 0.6 is 11.3 Å². The van der Waals surface area contributed by atoms with Crippen molar-refractivity contribution in [1.82, 2.24) is 14.7 Å². The third-order valence-electron chi connectivity index (χ3n) is 2.77. The van der Waals surface area contributed by atoms with E-state index in [1.54, 1.807) is 6.92 Å². The third-order valence-corrected chi connectivity index (χ3v) is 3.66. The number of nitrogens with zero attached hydrogens (tertiary/aromatic N) is 2. The first-order valence-electron chi connectivity index (χ1n) is 5.89. The number of amides is 1. The van der Waals surface area contributed by atoms with Crippen LogP contribution in [0, 0.1) is 12.8 Å². The summed E-state index contributed by atoms with van der Waals surface area (Å²) >= 11 is 1.48. The van der Waals surface area contributed by atoms with E-state index in [-0.39, 0.29) is 18.9 Å². The van der Waals surface area contributed by atoms with Crippen LogP contribution in [0.1, 0.15) is 18.3 Å². The topological polar surface area (TPSA) is 83.7 Å². The zero-order chi connectivity index (χ0) is 14.0. The number of hydrogen-bond donors (Lipinski definition) is 2. The van der Waals surface area contributed by atoms with Gasteiger partial charge in [-0.2, -0.15) is 0 Å². The van der Waals surface area contributed by atoms with Crippen LogP contribution in [0.15, 0.2) is 11.6 Å². The molecule has 1 amide bonds. The molecular weight excluding hydrogens is 266 g/mol. The fourth-order valence-electron chi connectivity index (χ4n) is 1.65. The highest BCUT2D eigenvalue weighted by molar-refractivity contribution is 7.15. The number of carboxylic acid groups (broad SMARTS) is 1. The van der Waals surface area contributed by atoms with Gasteiger partial charge in [-0.25, -0.2) is 4.98 Å². The molecule has 102 valence electrons. The van der Waals surface area contributed by atoms with E-state index in [0.717, 1.165) is 16.3 Å². The number of carbonyl (C=O) groups is 2. The van der Waals surface area contributed by atoms with Crippen molar-refractivity contribution in [2.24, 2.45) is 5.92 Å². The van der Waals surface area contributed by atoms with Gasteiger partial charge in [0.15, 0.2) is 4.96 Å². The van der Waals surface area contributed by atoms with Gasteiger partial charge in [0.2, 0.25) is 5.91 Å². The molecule has 0 spiro atoms. The van der Waals surface area contributed by atoms with Crippen molar-refractivity contribution in [2.45, 2.75) is 20.3 Å². The summed E-state index contributed by atoms with van der Waals surface area (Å²) < 4.78 is 1.89. The van der Waals surface area contributed by atoms with Crippen molar-refractivity contribution in [1.29, 1.82) is 0 Å². The Bertz CT molecular complexity index is 617. The molecule has 19 heavy (non-hydrogen) atoms. The molecule has 0 saturated carbocycles. The minimum absolute atomic E-state index is 0.143. The van der Waals surface area contributed by atoms with Crippen molar-refractivity contribution < 1.29 is 14.7 Å². The van der Waals surface area contributed by atoms with Crippen molar-refractivity contribution in [3.05, 3.63) is 23.0 Å². The second kappa shape index (κ2) is 5.40. The lowest BCUT2D eigenvalue weighted by Crippen LogP contribution is -2.32. The molecule has 2 N–H and O–H groups in total. The van der Waals surface area contributed by atoms with E-state index in [1.165, 1.54) is 11.3 Å². The number of aryl methyl sites for hydroxylation is 1. The Kier molecular flexibility index (Phi) is 3.84. The van der Waals surface area contributed by atoms with Crippen LogP contribution < -0.4 is 5.32 Å². The normalized spacial score (nSPS) is 12.5. The highest BCUT2D eigenvalue weighted by Crippen LogP contribution is 2.16. The predicted molar refractivity (Wildman–Crippen MR) is 71.3 cm³/mol. The Labute approximate surface area is 114 Å². The van der Waals surface area contributed by atoms with Gasteiger partial charge >= 0.3 is 5.97 Å². The van der Waals surface area contributed by atoms with Crippen LogP contribution in [0.25, 0.3) is 4.96 Å². The summed E-state index contributed by atoms with van der Waals surface area (Å²) in [5.41, 5.74) is 1.77. The van der Waals surface area contributed by atoms with Crippen LogP contribution in [-0.4, -0.2) is 32.9 Å². The van der Waals surface area contributed by atoms with Gasteiger partial charge in [-0.1, -0.05) is 6.92 Å². The Morgan fingerprint density at radius 1 is 1.58 bits per heavy atom. The summed E-state index contributed by atoms with van der Waals surface area (Å²) in [7, 11) is 0. The lowest BCUT2D eigenvalue weighted by molar-refractivity contribution is -0.141. The van der Waals surface area contributed by atoms with E-state index < -0.39 is 11.9 Å². The molecule has 7 heteroatoms. The number of imidazole rings is 1. The van der Waals surface area contributed by atoms with E-state index in [9.17, 15) is 9.59 Å². The smallest absolute Gasteiger partial charge is 0.308 e. The van der Waals surface area contributed by atoms with Gasteiger partial charge in [-0.15, -0.1) is 11.3 Å². The van der Waals surface area contributed by atoms with Gasteiger partial charge in [-0.3, -0.25) is 14.0 Å². The molecule has 0 aromatic carbocycles. The molecule has 2 heterocycles. The van der Waals surface area contributed by atoms with E-state index in [2.05, 4.69) is 10.3 Å². The SMILES string of the molecule is Cc1cn2c(CC(=O)NCC(C)C(=O)O)csc2n1. The Hall–Kier alpha value is -1.89. The molecule has 2 aromatic rings. The predicted octanol–water partition coefficient (Wildman–Crippen LogP) is 1.08. The Morgan fingerprint density at radius 3 is 3.00 bits per heavy atom. The van der Waals surface area contributed by atoms with Gasteiger partial charge in [0.25, 0.3) is 0 Å². The van der Waals surface area contributed by atoms with Crippen molar-refractivity contribution >= 4 is 28.2 Å². The largest absolute Gasteiger partial charge is 0.481 e. The number of fused-ring (bicyclic) bond motifs is 1. The summed E-state index contributed by atoms with van der Waals surface area (Å²) in [6, 6.07) is 0. The number of thiazole rings is 1. The first-order valence-corrected chi connectivity index (χ1v) is 6.77. The molecule has 0 bridgehead atoms. The summed E-state index contributed by atoms with van der Waals surface area (Å²) in [6.07, 6.45) is 2.11. The van der Waals surface area contributed by atoms with Gasteiger partial charge in [0.05, 0.1) is 18.0 Å². The molecular formula is C12H15N3O3S. The first kappa shape index (κ1) is 13.5. The van der Waals surface area contributed by atoms with Crippen LogP contribution in [0.3, 0.4) is 0 Å². The zero-order valence-electron chi connectivity index (χ0n) is 10.7. The number of aliphatic carboxylic acids is 1. The average Bonchev–Trinajstić information content (AvgIpc) is 2.87. The van der Waals surface area contributed by atoms with Crippen LogP contribution in [0.5, 0.6) is 0 Å². The maximum atomic E-state index is 11.8. The number of hydrogen-bond acceptors (Lipinski definition) is 4. The number of aromatic nitrogens is 2. The number of rotatable bonds is 5. The Balaban J connectivity index is 1.97. The fraction of sp³-hybridized carbons (Fsp3) is 0.417. The highest BCUT2D eigenvalue weighted by Gasteiger charge is 2.14. The summed E-state index contributed by atoms with van der Waals surface area (Å²) in [5.74, 6) is -1.68. The third kappa shape index (κ3) is 3.11. The molecule has 0 aliphatic carbocycles. The first-order chi connectivity index (χ1) is 8.97. The minimum Gasteiger partial charge on any atom is -0.481 e. The van der Waals surface area contributed by atoms with E-state index in [0.29, 0.717) is 0 Å². The lowest BCUT2D eigenvalue weighted by atomic mass is 10.2. The number of carboxylic acids is 1. The lowest BCUT2D eigenvalue weighted by Gasteiger charge is -2.07. The molecule has 6 nitrogen and oxygen atoms in total. The number of carbonyl (C=O) groups excluding carboxylic acids is 1. The van der Waals surface area contributed by atoms with Gasteiger partial charge in [-0.05, 0) is 6.92 Å². The van der Waals surface area contributed by atoms with E-state index >= 15 is 0 Å². The maximum absolute atomic E-state index is 11.8. The zero-order valence-corrected chi connectivity index (χ0v) is 11.5. The second-order valence-electron chi connectivity index (χ2n) is 4.48. The molecule has 1 atom stereocenters. The Morgan fingerprint density at radius 2 is 2.32 bits per heavy atom. The summed E-state index contributed by atoms with van der Waals surface area (Å²) in [4.78, 5) is 27.6. The summed E-state index contributed by atoms with van der Waals surface area (Å²) in [6.45, 7) is 3.60. The average molecular weight is 281 g/mol. The molecule has 2 aromatic heterocycles. The molecule has 0 radical (unpaired) electrons. The highest BCUT2D eigenvalue weighted by atomic mass is 32.1. The standard InChI is InChI=1S/C12H15N3O3S/c1-7(11(17)18)4-13-10(16)3-9-6-19-12-14-8(2)5-15(9)12/h5-7H,3-4H2,1-2H3,(H,13,16)(H,17,18). The van der Waals surface area contributed by atoms with Crippen LogP contribution in [-0.2, 0) is 16.0 Å². The maximum Gasteiger partial charge on any atom is 0.308 e. The van der Waals surface area contributed by atoms with Crippen LogP contribution in [0.2, 0.25) is 0 Å². The summed E-state index contributed by atoms with van der Waals surface area (Å²) in [5, 5.41) is 13.2. The molecule has 0 aliphatic heterocycles. The van der Waals surface area contributed by atoms with E-state index in [1.807, 2.05) is 22.9 Å². The van der Waals surface area contributed by atoms with Crippen molar-refractivity contribution in [2.75, 3.05) is 6.54 Å². The van der Waals surface area contributed by atoms with E-state index in [4.69, 9.17) is 5.11 Å². The quantitative estimate of drug-likeness (QED) is 0.859. The number of nitrogens with one attached hydrogen (secondary N) is 1.